The number of ether oxygens (including phenoxy) is 1. The van der Waals surface area contributed by atoms with Gasteiger partial charge in [-0.15, -0.1) is 0 Å². The molecule has 18 heavy (non-hydrogen) atoms. The van der Waals surface area contributed by atoms with Crippen LogP contribution >= 0.6 is 0 Å². The number of benzene rings is 1. The average Bonchev–Trinajstić information content (AvgIpc) is 2.66. The Hall–Kier alpha value is -1.58. The molecule has 0 aromatic heterocycles. The summed E-state index contributed by atoms with van der Waals surface area (Å²) < 4.78 is 19.2. The van der Waals surface area contributed by atoms with Crippen LogP contribution < -0.4 is 0 Å². The van der Waals surface area contributed by atoms with Crippen molar-refractivity contribution in [2.45, 2.75) is 46.4 Å². The summed E-state index contributed by atoms with van der Waals surface area (Å²) in [5.41, 5.74) is 1.56. The molecule has 0 spiro atoms. The number of aryl methyl sites for hydroxylation is 1. The van der Waals surface area contributed by atoms with E-state index in [2.05, 4.69) is 0 Å². The van der Waals surface area contributed by atoms with E-state index in [0.717, 1.165) is 5.56 Å². The van der Waals surface area contributed by atoms with Gasteiger partial charge in [-0.05, 0) is 38.8 Å². The molecule has 1 amide bonds. The molecule has 0 fully saturated rings. The third-order valence-corrected chi connectivity index (χ3v) is 2.90. The van der Waals surface area contributed by atoms with Gasteiger partial charge < -0.3 is 4.74 Å². The molecule has 1 aliphatic heterocycles. The van der Waals surface area contributed by atoms with Crippen molar-refractivity contribution in [3.8, 4) is 0 Å². The second-order valence-corrected chi connectivity index (χ2v) is 5.67. The minimum absolute atomic E-state index is 0.210. The van der Waals surface area contributed by atoms with Gasteiger partial charge in [0.1, 0.15) is 11.4 Å². The molecule has 4 heteroatoms. The molecule has 0 bridgehead atoms. The molecule has 1 heterocycles. The largest absolute Gasteiger partial charge is 0.444 e. The molecule has 0 saturated heterocycles. The van der Waals surface area contributed by atoms with Crippen LogP contribution in [0.4, 0.5) is 9.18 Å². The molecule has 0 saturated carbocycles. The van der Waals surface area contributed by atoms with Crippen molar-refractivity contribution in [1.29, 1.82) is 0 Å². The lowest BCUT2D eigenvalue weighted by Crippen LogP contribution is -2.33. The van der Waals surface area contributed by atoms with Crippen molar-refractivity contribution < 1.29 is 13.9 Å². The number of carbonyl (C=O) groups excluding carboxylic acids is 1. The first kappa shape index (κ1) is 12.9. The lowest BCUT2D eigenvalue weighted by molar-refractivity contribution is 0.0241. The average molecular weight is 251 g/mol. The van der Waals surface area contributed by atoms with Crippen molar-refractivity contribution >= 4 is 6.09 Å². The second-order valence-electron chi connectivity index (χ2n) is 5.67. The number of carbonyl (C=O) groups is 1. The fourth-order valence-electron chi connectivity index (χ4n) is 2.01. The maximum atomic E-state index is 13.9. The van der Waals surface area contributed by atoms with E-state index in [1.165, 1.54) is 4.90 Å². The van der Waals surface area contributed by atoms with Crippen molar-refractivity contribution in [2.24, 2.45) is 0 Å². The summed E-state index contributed by atoms with van der Waals surface area (Å²) in [6.45, 7) is 7.89. The second kappa shape index (κ2) is 4.26. The summed E-state index contributed by atoms with van der Waals surface area (Å²) >= 11 is 0. The number of hydrogen-bond acceptors (Lipinski definition) is 2. The zero-order valence-electron chi connectivity index (χ0n) is 11.2. The van der Waals surface area contributed by atoms with Crippen LogP contribution in [0.1, 0.15) is 37.5 Å². The third kappa shape index (κ3) is 2.47. The molecule has 3 nitrogen and oxygen atoms in total. The Morgan fingerprint density at radius 2 is 2.00 bits per heavy atom. The number of fused-ring (bicyclic) bond motifs is 1. The molecule has 98 valence electrons. The smallest absolute Gasteiger partial charge is 0.410 e. The van der Waals surface area contributed by atoms with Crippen molar-refractivity contribution in [3.63, 3.8) is 0 Å². The normalized spacial score (nSPS) is 14.6. The van der Waals surface area contributed by atoms with E-state index < -0.39 is 11.7 Å². The SMILES string of the molecule is Cc1ccc2c(c1F)CN(C(=O)OC(C)(C)C)C2. The van der Waals surface area contributed by atoms with E-state index in [1.54, 1.807) is 13.0 Å². The van der Waals surface area contributed by atoms with Crippen molar-refractivity contribution in [1.82, 2.24) is 4.90 Å². The molecule has 0 atom stereocenters. The van der Waals surface area contributed by atoms with Gasteiger partial charge in [-0.3, -0.25) is 4.90 Å². The first-order valence-electron chi connectivity index (χ1n) is 6.03. The minimum Gasteiger partial charge on any atom is -0.444 e. The molecule has 2 rings (SSSR count). The van der Waals surface area contributed by atoms with Crippen LogP contribution in [-0.4, -0.2) is 16.6 Å². The van der Waals surface area contributed by atoms with Crippen LogP contribution in [0, 0.1) is 12.7 Å². The first-order chi connectivity index (χ1) is 8.28. The van der Waals surface area contributed by atoms with Crippen LogP contribution in [0.5, 0.6) is 0 Å². The highest BCUT2D eigenvalue weighted by Gasteiger charge is 2.29. The Balaban J connectivity index is 2.15. The highest BCUT2D eigenvalue weighted by atomic mass is 19.1. The Kier molecular flexibility index (Phi) is 3.05. The van der Waals surface area contributed by atoms with Crippen molar-refractivity contribution in [3.05, 3.63) is 34.6 Å². The fourth-order valence-corrected chi connectivity index (χ4v) is 2.01. The Labute approximate surface area is 107 Å². The van der Waals surface area contributed by atoms with E-state index in [0.29, 0.717) is 17.7 Å². The highest BCUT2D eigenvalue weighted by Crippen LogP contribution is 2.28. The predicted octanol–water partition coefficient (Wildman–Crippen LogP) is 3.38. The van der Waals surface area contributed by atoms with Gasteiger partial charge in [0, 0.05) is 12.1 Å². The predicted molar refractivity (Wildman–Crippen MR) is 66.6 cm³/mol. The molecule has 0 unspecified atom stereocenters. The number of nitrogens with zero attached hydrogens (tertiary/aromatic N) is 1. The fraction of sp³-hybridized carbons (Fsp3) is 0.500. The molecule has 0 radical (unpaired) electrons. The van der Waals surface area contributed by atoms with E-state index in [9.17, 15) is 9.18 Å². The maximum Gasteiger partial charge on any atom is 0.410 e. The molecule has 1 aromatic carbocycles. The molecular formula is C14H18FNO2. The van der Waals surface area contributed by atoms with Crippen LogP contribution in [0.15, 0.2) is 12.1 Å². The summed E-state index contributed by atoms with van der Waals surface area (Å²) in [5, 5.41) is 0. The van der Waals surface area contributed by atoms with Crippen LogP contribution in [-0.2, 0) is 17.8 Å². The van der Waals surface area contributed by atoms with Gasteiger partial charge in [0.15, 0.2) is 0 Å². The number of halogens is 1. The maximum absolute atomic E-state index is 13.9. The van der Waals surface area contributed by atoms with E-state index in [4.69, 9.17) is 4.74 Å². The quantitative estimate of drug-likeness (QED) is 0.707. The van der Waals surface area contributed by atoms with E-state index in [-0.39, 0.29) is 12.4 Å². The van der Waals surface area contributed by atoms with Crippen LogP contribution in [0.3, 0.4) is 0 Å². The van der Waals surface area contributed by atoms with E-state index in [1.807, 2.05) is 26.8 Å². The summed E-state index contributed by atoms with van der Waals surface area (Å²) in [6.07, 6.45) is -0.393. The first-order valence-corrected chi connectivity index (χ1v) is 6.03. The van der Waals surface area contributed by atoms with Crippen LogP contribution in [0.25, 0.3) is 0 Å². The monoisotopic (exact) mass is 251 g/mol. The Morgan fingerprint density at radius 3 is 2.61 bits per heavy atom. The lowest BCUT2D eigenvalue weighted by Gasteiger charge is -2.24. The molecule has 0 aliphatic carbocycles. The van der Waals surface area contributed by atoms with Crippen LogP contribution in [0.2, 0.25) is 0 Å². The molecule has 1 aliphatic rings. The number of amides is 1. The van der Waals surface area contributed by atoms with Gasteiger partial charge in [0.05, 0.1) is 6.54 Å². The number of hydrogen-bond donors (Lipinski definition) is 0. The molecular weight excluding hydrogens is 233 g/mol. The topological polar surface area (TPSA) is 29.5 Å². The van der Waals surface area contributed by atoms with Crippen molar-refractivity contribution in [2.75, 3.05) is 0 Å². The van der Waals surface area contributed by atoms with Gasteiger partial charge in [0.2, 0.25) is 0 Å². The number of rotatable bonds is 0. The summed E-state index contributed by atoms with van der Waals surface area (Å²) in [6, 6.07) is 3.62. The van der Waals surface area contributed by atoms with Gasteiger partial charge in [0.25, 0.3) is 0 Å². The zero-order chi connectivity index (χ0) is 13.5. The van der Waals surface area contributed by atoms with Gasteiger partial charge in [-0.1, -0.05) is 12.1 Å². The minimum atomic E-state index is -0.527. The molecule has 0 N–H and O–H groups in total. The third-order valence-electron chi connectivity index (χ3n) is 2.90. The highest BCUT2D eigenvalue weighted by molar-refractivity contribution is 5.69. The Bertz CT molecular complexity index is 491. The standard InChI is InChI=1S/C14H18FNO2/c1-9-5-6-10-7-16(8-11(10)12(9)15)13(17)18-14(2,3)4/h5-6H,7-8H2,1-4H3. The van der Waals surface area contributed by atoms with Gasteiger partial charge in [-0.25, -0.2) is 9.18 Å². The summed E-state index contributed by atoms with van der Waals surface area (Å²) in [4.78, 5) is 13.4. The van der Waals surface area contributed by atoms with Gasteiger partial charge >= 0.3 is 6.09 Å². The summed E-state index contributed by atoms with van der Waals surface area (Å²) in [7, 11) is 0. The van der Waals surface area contributed by atoms with E-state index >= 15 is 0 Å². The summed E-state index contributed by atoms with van der Waals surface area (Å²) in [5.74, 6) is -0.210. The van der Waals surface area contributed by atoms with Gasteiger partial charge in [-0.2, -0.15) is 0 Å². The Morgan fingerprint density at radius 1 is 1.33 bits per heavy atom. The zero-order valence-corrected chi connectivity index (χ0v) is 11.2. The molecule has 1 aromatic rings. The lowest BCUT2D eigenvalue weighted by atomic mass is 10.1.